The molecular formula is C21H24F4N2OS. The van der Waals surface area contributed by atoms with Crippen LogP contribution in [-0.4, -0.2) is 23.6 Å². The molecular weight excluding hydrogens is 404 g/mol. The lowest BCUT2D eigenvalue weighted by Gasteiger charge is -2.34. The Morgan fingerprint density at radius 2 is 1.69 bits per heavy atom. The molecule has 2 rings (SSSR count). The van der Waals surface area contributed by atoms with Crippen molar-refractivity contribution in [3.05, 3.63) is 64.7 Å². The van der Waals surface area contributed by atoms with Crippen LogP contribution in [0.2, 0.25) is 0 Å². The van der Waals surface area contributed by atoms with E-state index >= 15 is 0 Å². The van der Waals surface area contributed by atoms with Gasteiger partial charge < -0.3 is 9.83 Å². The Hall–Kier alpha value is -2.06. The van der Waals surface area contributed by atoms with E-state index in [1.165, 1.54) is 32.2 Å². The SMILES string of the molecule is Cc1cccc(NS)c1C=NC(CC(C)F)(c1ccc(C(F)(F)F)cc1)C(C)O. The molecule has 0 radical (unpaired) electrons. The Morgan fingerprint density at radius 3 is 2.17 bits per heavy atom. The number of hydrogen-bond donors (Lipinski definition) is 3. The summed E-state index contributed by atoms with van der Waals surface area (Å²) in [6, 6.07) is 9.78. The number of anilines is 1. The Morgan fingerprint density at radius 1 is 1.10 bits per heavy atom. The number of aliphatic hydroxyl groups is 1. The lowest BCUT2D eigenvalue weighted by molar-refractivity contribution is -0.137. The standard InChI is InChI=1S/C21H24F4N2OS/c1-13-5-4-6-19(27-29)18(13)12-26-20(15(3)28,11-14(2)22)16-7-9-17(10-8-16)21(23,24)25/h4-10,12,14-15,27-29H,11H2,1-3H3. The molecule has 2 aromatic carbocycles. The maximum Gasteiger partial charge on any atom is 0.416 e. The predicted octanol–water partition coefficient (Wildman–Crippen LogP) is 5.71. The maximum atomic E-state index is 14.1. The zero-order valence-corrected chi connectivity index (χ0v) is 17.2. The zero-order chi connectivity index (χ0) is 21.8. The summed E-state index contributed by atoms with van der Waals surface area (Å²) < 4.78 is 55.6. The minimum atomic E-state index is -4.49. The quantitative estimate of drug-likeness (QED) is 0.300. The van der Waals surface area contributed by atoms with Gasteiger partial charge in [-0.15, -0.1) is 0 Å². The summed E-state index contributed by atoms with van der Waals surface area (Å²) in [6.07, 6.45) is -5.67. The van der Waals surface area contributed by atoms with E-state index in [0.717, 1.165) is 17.7 Å². The second-order valence-corrected chi connectivity index (χ2v) is 7.29. The highest BCUT2D eigenvalue weighted by atomic mass is 32.1. The third kappa shape index (κ3) is 5.30. The first-order valence-electron chi connectivity index (χ1n) is 9.06. The van der Waals surface area contributed by atoms with Gasteiger partial charge >= 0.3 is 6.18 Å². The number of halogens is 4. The van der Waals surface area contributed by atoms with Crippen LogP contribution in [-0.2, 0) is 11.7 Å². The van der Waals surface area contributed by atoms with Crippen molar-refractivity contribution in [2.45, 2.75) is 51.2 Å². The van der Waals surface area contributed by atoms with E-state index in [0.29, 0.717) is 16.8 Å². The summed E-state index contributed by atoms with van der Waals surface area (Å²) in [7, 11) is 0. The van der Waals surface area contributed by atoms with E-state index < -0.39 is 29.6 Å². The molecule has 0 bridgehead atoms. The van der Waals surface area contributed by atoms with Gasteiger partial charge in [-0.1, -0.05) is 37.1 Å². The normalized spacial score (nSPS) is 16.4. The van der Waals surface area contributed by atoms with Crippen LogP contribution in [0.3, 0.4) is 0 Å². The highest BCUT2D eigenvalue weighted by molar-refractivity contribution is 7.81. The molecule has 0 aliphatic rings. The van der Waals surface area contributed by atoms with Crippen molar-refractivity contribution in [3.8, 4) is 0 Å². The van der Waals surface area contributed by atoms with Gasteiger partial charge in [-0.2, -0.15) is 13.2 Å². The highest BCUT2D eigenvalue weighted by Gasteiger charge is 2.39. The minimum absolute atomic E-state index is 0.192. The van der Waals surface area contributed by atoms with E-state index in [2.05, 4.69) is 22.5 Å². The molecule has 3 nitrogen and oxygen atoms in total. The van der Waals surface area contributed by atoms with Crippen LogP contribution >= 0.6 is 12.8 Å². The highest BCUT2D eigenvalue weighted by Crippen LogP contribution is 2.38. The molecule has 0 saturated carbocycles. The maximum absolute atomic E-state index is 14.1. The van der Waals surface area contributed by atoms with Gasteiger partial charge in [0.25, 0.3) is 0 Å². The first-order valence-corrected chi connectivity index (χ1v) is 9.51. The summed E-state index contributed by atoms with van der Waals surface area (Å²) in [4.78, 5) is 4.53. The van der Waals surface area contributed by atoms with Crippen molar-refractivity contribution in [3.63, 3.8) is 0 Å². The largest absolute Gasteiger partial charge is 0.416 e. The number of nitrogens with zero attached hydrogens (tertiary/aromatic N) is 1. The Bertz CT molecular complexity index is 851. The molecule has 3 unspecified atom stereocenters. The van der Waals surface area contributed by atoms with Gasteiger partial charge in [-0.25, -0.2) is 4.39 Å². The molecule has 8 heteroatoms. The van der Waals surface area contributed by atoms with E-state index in [9.17, 15) is 22.7 Å². The van der Waals surface area contributed by atoms with E-state index in [-0.39, 0.29) is 6.42 Å². The lowest BCUT2D eigenvalue weighted by Crippen LogP contribution is -2.38. The number of alkyl halides is 4. The smallest absolute Gasteiger partial charge is 0.391 e. The third-order valence-electron chi connectivity index (χ3n) is 4.86. The molecule has 0 aliphatic heterocycles. The van der Waals surface area contributed by atoms with Crippen LogP contribution < -0.4 is 4.72 Å². The number of nitrogens with one attached hydrogen (secondary N) is 1. The van der Waals surface area contributed by atoms with E-state index in [1.807, 2.05) is 19.1 Å². The van der Waals surface area contributed by atoms with Crippen LogP contribution in [0.25, 0.3) is 0 Å². The molecule has 0 aliphatic carbocycles. The number of aryl methyl sites for hydroxylation is 1. The van der Waals surface area contributed by atoms with Gasteiger partial charge in [-0.3, -0.25) is 4.99 Å². The molecule has 0 amide bonds. The number of rotatable bonds is 7. The van der Waals surface area contributed by atoms with Crippen molar-refractivity contribution >= 4 is 24.7 Å². The average Bonchev–Trinajstić information content (AvgIpc) is 2.64. The summed E-state index contributed by atoms with van der Waals surface area (Å²) in [5.74, 6) is 0. The fourth-order valence-electron chi connectivity index (χ4n) is 3.27. The molecule has 3 atom stereocenters. The molecule has 29 heavy (non-hydrogen) atoms. The van der Waals surface area contributed by atoms with Crippen LogP contribution in [0.5, 0.6) is 0 Å². The summed E-state index contributed by atoms with van der Waals surface area (Å²) in [5, 5.41) is 10.5. The Labute approximate surface area is 173 Å². The number of thiol groups is 1. The van der Waals surface area contributed by atoms with Crippen LogP contribution in [0.15, 0.2) is 47.5 Å². The van der Waals surface area contributed by atoms with Gasteiger partial charge in [0, 0.05) is 18.2 Å². The average molecular weight is 428 g/mol. The van der Waals surface area contributed by atoms with Crippen molar-refractivity contribution < 1.29 is 22.7 Å². The van der Waals surface area contributed by atoms with Gasteiger partial charge in [0.1, 0.15) is 11.7 Å². The summed E-state index contributed by atoms with van der Waals surface area (Å²) >= 11 is 4.07. The first kappa shape index (κ1) is 23.2. The summed E-state index contributed by atoms with van der Waals surface area (Å²) in [6.45, 7) is 4.63. The fourth-order valence-corrected chi connectivity index (χ4v) is 3.47. The minimum Gasteiger partial charge on any atom is -0.391 e. The van der Waals surface area contributed by atoms with Gasteiger partial charge in [0.15, 0.2) is 0 Å². The van der Waals surface area contributed by atoms with E-state index in [4.69, 9.17) is 0 Å². The van der Waals surface area contributed by atoms with Crippen LogP contribution in [0, 0.1) is 6.92 Å². The summed E-state index contributed by atoms with van der Waals surface area (Å²) in [5.41, 5.74) is 0.249. The van der Waals surface area contributed by atoms with Crippen molar-refractivity contribution in [2.24, 2.45) is 4.99 Å². The first-order chi connectivity index (χ1) is 13.5. The van der Waals surface area contributed by atoms with Crippen molar-refractivity contribution in [2.75, 3.05) is 4.72 Å². The molecule has 0 fully saturated rings. The van der Waals surface area contributed by atoms with Crippen molar-refractivity contribution in [1.82, 2.24) is 0 Å². The zero-order valence-electron chi connectivity index (χ0n) is 16.3. The second-order valence-electron chi connectivity index (χ2n) is 7.07. The second kappa shape index (κ2) is 9.17. The molecule has 0 aromatic heterocycles. The molecule has 0 saturated heterocycles. The van der Waals surface area contributed by atoms with Crippen molar-refractivity contribution in [1.29, 1.82) is 0 Å². The third-order valence-corrected chi connectivity index (χ3v) is 5.11. The number of aliphatic hydroxyl groups excluding tert-OH is 1. The number of benzene rings is 2. The molecule has 2 aromatic rings. The Balaban J connectivity index is 2.60. The fraction of sp³-hybridized carbons (Fsp3) is 0.381. The lowest BCUT2D eigenvalue weighted by atomic mass is 9.80. The van der Waals surface area contributed by atoms with Gasteiger partial charge in [0.05, 0.1) is 17.4 Å². The van der Waals surface area contributed by atoms with Gasteiger partial charge in [0.2, 0.25) is 0 Å². The van der Waals surface area contributed by atoms with Crippen LogP contribution in [0.4, 0.5) is 23.2 Å². The van der Waals surface area contributed by atoms with Crippen LogP contribution in [0.1, 0.15) is 42.5 Å². The monoisotopic (exact) mass is 428 g/mol. The molecule has 158 valence electrons. The topological polar surface area (TPSA) is 44.6 Å². The number of aliphatic imine (C=N–C) groups is 1. The molecule has 2 N–H and O–H groups in total. The predicted molar refractivity (Wildman–Crippen MR) is 111 cm³/mol. The Kier molecular flexibility index (Phi) is 7.35. The van der Waals surface area contributed by atoms with Gasteiger partial charge in [-0.05, 0) is 50.1 Å². The van der Waals surface area contributed by atoms with E-state index in [1.54, 1.807) is 6.07 Å². The molecule has 0 spiro atoms. The number of hydrogen-bond acceptors (Lipinski definition) is 4. The molecule has 0 heterocycles.